The third kappa shape index (κ3) is 2.89. The maximum Gasteiger partial charge on any atom is 0.0489 e. The number of hydrogen-bond donors (Lipinski definition) is 1. The lowest BCUT2D eigenvalue weighted by atomic mass is 9.93. The summed E-state index contributed by atoms with van der Waals surface area (Å²) in [5.41, 5.74) is 5.48. The highest BCUT2D eigenvalue weighted by atomic mass is 35.5. The number of fused-ring (bicyclic) bond motifs is 1. The zero-order valence-corrected chi connectivity index (χ0v) is 14.2. The van der Waals surface area contributed by atoms with Gasteiger partial charge < -0.3 is 10.2 Å². The average molecular weight is 325 g/mol. The Kier molecular flexibility index (Phi) is 3.88. The Morgan fingerprint density at radius 1 is 1.09 bits per heavy atom. The van der Waals surface area contributed by atoms with Gasteiger partial charge in [-0.25, -0.2) is 0 Å². The summed E-state index contributed by atoms with van der Waals surface area (Å²) < 4.78 is 0. The van der Waals surface area contributed by atoms with Crippen LogP contribution >= 0.6 is 11.6 Å². The van der Waals surface area contributed by atoms with Crippen LogP contribution in [0.4, 0.5) is 0 Å². The van der Waals surface area contributed by atoms with Gasteiger partial charge in [-0.3, -0.25) is 0 Å². The maximum atomic E-state index is 6.24. The number of nitrogens with one attached hydrogen (secondary N) is 1. The van der Waals surface area contributed by atoms with E-state index in [9.17, 15) is 0 Å². The lowest BCUT2D eigenvalue weighted by Crippen LogP contribution is -2.28. The van der Waals surface area contributed by atoms with Crippen LogP contribution in [0.5, 0.6) is 0 Å². The molecule has 2 aliphatic heterocycles. The van der Waals surface area contributed by atoms with Gasteiger partial charge in [0.1, 0.15) is 0 Å². The summed E-state index contributed by atoms with van der Waals surface area (Å²) in [4.78, 5) is 2.40. The van der Waals surface area contributed by atoms with Gasteiger partial charge in [0.05, 0.1) is 0 Å². The topological polar surface area (TPSA) is 15.3 Å². The standard InChI is InChI=1S/C20H21ClN2/c1-23-9-6-14(7-10-23)19-13-17-12-18(21)5-4-15(17)11-16-3-2-8-22-20(16)19/h2-5,11-13,22H,6-10H2,1H3. The van der Waals surface area contributed by atoms with Gasteiger partial charge in [-0.15, -0.1) is 0 Å². The molecule has 3 aliphatic rings. The minimum Gasteiger partial charge on any atom is -0.381 e. The number of rotatable bonds is 0. The Bertz CT molecular complexity index is 848. The Morgan fingerprint density at radius 2 is 1.91 bits per heavy atom. The molecule has 0 saturated carbocycles. The van der Waals surface area contributed by atoms with Gasteiger partial charge in [0.15, 0.2) is 0 Å². The number of likely N-dealkylation sites (tertiary alicyclic amines) is 1. The summed E-state index contributed by atoms with van der Waals surface area (Å²) in [6, 6.07) is 6.16. The van der Waals surface area contributed by atoms with E-state index in [1.165, 1.54) is 27.3 Å². The molecule has 0 unspecified atom stereocenters. The van der Waals surface area contributed by atoms with Gasteiger partial charge >= 0.3 is 0 Å². The Labute approximate surface area is 142 Å². The number of piperidine rings is 1. The molecule has 1 aromatic rings. The van der Waals surface area contributed by atoms with E-state index in [2.05, 4.69) is 53.7 Å². The lowest BCUT2D eigenvalue weighted by molar-refractivity contribution is 0.312. The fourth-order valence-corrected chi connectivity index (χ4v) is 3.72. The third-order valence-electron chi connectivity index (χ3n) is 4.88. The van der Waals surface area contributed by atoms with E-state index >= 15 is 0 Å². The van der Waals surface area contributed by atoms with Crippen molar-refractivity contribution in [1.29, 1.82) is 0 Å². The Morgan fingerprint density at radius 3 is 2.74 bits per heavy atom. The molecule has 2 nitrogen and oxygen atoms in total. The van der Waals surface area contributed by atoms with Crippen LogP contribution in [0.3, 0.4) is 0 Å². The summed E-state index contributed by atoms with van der Waals surface area (Å²) in [6.07, 6.45) is 11.3. The molecule has 1 N–H and O–H groups in total. The van der Waals surface area contributed by atoms with Crippen molar-refractivity contribution in [2.45, 2.75) is 12.8 Å². The summed E-state index contributed by atoms with van der Waals surface area (Å²) >= 11 is 6.24. The first-order chi connectivity index (χ1) is 11.2. The minimum atomic E-state index is 0.796. The average Bonchev–Trinajstić information content (AvgIpc) is 2.72. The number of dihydropyridines is 1. The van der Waals surface area contributed by atoms with Crippen molar-refractivity contribution in [2.24, 2.45) is 0 Å². The van der Waals surface area contributed by atoms with Gasteiger partial charge in [-0.05, 0) is 65.8 Å². The first-order valence-electron chi connectivity index (χ1n) is 8.25. The normalized spacial score (nSPS) is 21.0. The molecule has 23 heavy (non-hydrogen) atoms. The van der Waals surface area contributed by atoms with E-state index in [1.807, 2.05) is 6.07 Å². The zero-order chi connectivity index (χ0) is 15.8. The van der Waals surface area contributed by atoms with Crippen molar-refractivity contribution in [3.63, 3.8) is 0 Å². The van der Waals surface area contributed by atoms with E-state index in [-0.39, 0.29) is 0 Å². The maximum absolute atomic E-state index is 6.24. The molecule has 118 valence electrons. The first kappa shape index (κ1) is 14.8. The second-order valence-electron chi connectivity index (χ2n) is 6.50. The molecule has 0 radical (unpaired) electrons. The van der Waals surface area contributed by atoms with Crippen LogP contribution in [0.1, 0.15) is 12.8 Å². The molecule has 2 heterocycles. The van der Waals surface area contributed by atoms with Crippen molar-refractivity contribution >= 4 is 23.8 Å². The van der Waals surface area contributed by atoms with Crippen molar-refractivity contribution in [2.75, 3.05) is 26.7 Å². The fourth-order valence-electron chi connectivity index (χ4n) is 3.54. The number of allylic oxidation sites excluding steroid dienone is 3. The second-order valence-corrected chi connectivity index (χ2v) is 6.93. The quantitative estimate of drug-likeness (QED) is 0.788. The molecule has 1 aromatic carbocycles. The van der Waals surface area contributed by atoms with Crippen LogP contribution in [0.2, 0.25) is 5.02 Å². The summed E-state index contributed by atoms with van der Waals surface area (Å²) in [5.74, 6) is 0. The molecule has 0 aromatic heterocycles. The van der Waals surface area contributed by atoms with Gasteiger partial charge in [0, 0.05) is 30.4 Å². The Hall–Kier alpha value is -1.77. The molecule has 1 saturated heterocycles. The summed E-state index contributed by atoms with van der Waals surface area (Å²) in [7, 11) is 2.20. The largest absolute Gasteiger partial charge is 0.381 e. The fraction of sp³-hybridized carbons (Fsp3) is 0.300. The van der Waals surface area contributed by atoms with Crippen molar-refractivity contribution in [3.05, 3.63) is 68.2 Å². The predicted molar refractivity (Wildman–Crippen MR) is 97.6 cm³/mol. The smallest absolute Gasteiger partial charge is 0.0489 e. The van der Waals surface area contributed by atoms with Gasteiger partial charge in [0.2, 0.25) is 0 Å². The van der Waals surface area contributed by atoms with E-state index < -0.39 is 0 Å². The monoisotopic (exact) mass is 324 g/mol. The van der Waals surface area contributed by atoms with Crippen LogP contribution < -0.4 is 15.8 Å². The SMILES string of the molecule is CN1CCC(=C2C=c3cc(Cl)ccc3=CC3=C2NCC=C3)CC1. The molecule has 4 rings (SSSR count). The molecule has 0 atom stereocenters. The van der Waals surface area contributed by atoms with Crippen LogP contribution in [-0.4, -0.2) is 31.6 Å². The molecule has 0 spiro atoms. The molecule has 1 aliphatic carbocycles. The highest BCUT2D eigenvalue weighted by Gasteiger charge is 2.19. The molecule has 0 amide bonds. The van der Waals surface area contributed by atoms with Gasteiger partial charge in [0.25, 0.3) is 0 Å². The van der Waals surface area contributed by atoms with E-state index in [0.29, 0.717) is 0 Å². The second kappa shape index (κ2) is 6.03. The van der Waals surface area contributed by atoms with E-state index in [4.69, 9.17) is 11.6 Å². The lowest BCUT2D eigenvalue weighted by Gasteiger charge is -2.27. The number of hydrogen-bond acceptors (Lipinski definition) is 2. The van der Waals surface area contributed by atoms with E-state index in [0.717, 1.165) is 37.5 Å². The number of halogens is 1. The highest BCUT2D eigenvalue weighted by Crippen LogP contribution is 2.28. The van der Waals surface area contributed by atoms with E-state index in [1.54, 1.807) is 5.57 Å². The first-order valence-corrected chi connectivity index (χ1v) is 8.63. The van der Waals surface area contributed by atoms with Crippen LogP contribution in [-0.2, 0) is 0 Å². The number of benzene rings is 1. The predicted octanol–water partition coefficient (Wildman–Crippen LogP) is 2.35. The van der Waals surface area contributed by atoms with Crippen molar-refractivity contribution in [3.8, 4) is 0 Å². The molecule has 1 fully saturated rings. The van der Waals surface area contributed by atoms with Gasteiger partial charge in [-0.2, -0.15) is 0 Å². The van der Waals surface area contributed by atoms with Gasteiger partial charge in [-0.1, -0.05) is 35.4 Å². The molecule has 0 bridgehead atoms. The highest BCUT2D eigenvalue weighted by molar-refractivity contribution is 6.30. The van der Waals surface area contributed by atoms with Crippen LogP contribution in [0, 0.1) is 0 Å². The van der Waals surface area contributed by atoms with Crippen molar-refractivity contribution < 1.29 is 0 Å². The number of nitrogens with zero attached hydrogens (tertiary/aromatic N) is 1. The third-order valence-corrected chi connectivity index (χ3v) is 5.12. The van der Waals surface area contributed by atoms with Crippen molar-refractivity contribution in [1.82, 2.24) is 10.2 Å². The minimum absolute atomic E-state index is 0.796. The van der Waals surface area contributed by atoms with Crippen LogP contribution in [0.25, 0.3) is 12.2 Å². The zero-order valence-electron chi connectivity index (χ0n) is 13.4. The molecular formula is C20H21ClN2. The summed E-state index contributed by atoms with van der Waals surface area (Å²) in [6.45, 7) is 3.17. The molecule has 3 heteroatoms. The molecular weight excluding hydrogens is 304 g/mol. The Balaban J connectivity index is 1.95. The summed E-state index contributed by atoms with van der Waals surface area (Å²) in [5, 5.41) is 6.84. The van der Waals surface area contributed by atoms with Crippen LogP contribution in [0.15, 0.2) is 52.8 Å².